The summed E-state index contributed by atoms with van der Waals surface area (Å²) in [5.74, 6) is 2.51. The Morgan fingerprint density at radius 2 is 2.14 bits per heavy atom. The maximum absolute atomic E-state index is 9.70. The summed E-state index contributed by atoms with van der Waals surface area (Å²) in [6.07, 6.45) is 12.3. The fourth-order valence-corrected chi connectivity index (χ4v) is 5.41. The minimum Gasteiger partial charge on any atom is -0.508 e. The van der Waals surface area contributed by atoms with E-state index in [1.54, 1.807) is 5.57 Å². The van der Waals surface area contributed by atoms with Crippen molar-refractivity contribution < 1.29 is 5.11 Å². The lowest BCUT2D eigenvalue weighted by Gasteiger charge is -2.47. The molecule has 1 aromatic carbocycles. The largest absolute Gasteiger partial charge is 0.508 e. The van der Waals surface area contributed by atoms with E-state index in [0.717, 1.165) is 5.92 Å². The standard InChI is InChI=1S/C20H24O/c1-3-14-5-9-19-18-7-4-13-12-15(21)6-8-16(13)17(18)10-11-20(14,19)2/h3-4,6-8,12,17-19,21H,5,9-11H2,1-2H3/t17?,18?,19?,20-/m1/s1. The van der Waals surface area contributed by atoms with Gasteiger partial charge >= 0.3 is 0 Å². The van der Waals surface area contributed by atoms with Gasteiger partial charge in [0.1, 0.15) is 5.75 Å². The van der Waals surface area contributed by atoms with Gasteiger partial charge in [0, 0.05) is 0 Å². The van der Waals surface area contributed by atoms with Crippen LogP contribution in [0.5, 0.6) is 5.75 Å². The highest BCUT2D eigenvalue weighted by Crippen LogP contribution is 2.62. The number of benzene rings is 1. The Hall–Kier alpha value is -1.50. The summed E-state index contributed by atoms with van der Waals surface area (Å²) < 4.78 is 0. The lowest BCUT2D eigenvalue weighted by atomic mass is 9.56. The zero-order chi connectivity index (χ0) is 14.6. The number of fused-ring (bicyclic) bond motifs is 5. The van der Waals surface area contributed by atoms with E-state index in [-0.39, 0.29) is 0 Å². The summed E-state index contributed by atoms with van der Waals surface area (Å²) in [6.45, 7) is 4.71. The summed E-state index contributed by atoms with van der Waals surface area (Å²) in [5, 5.41) is 9.70. The maximum Gasteiger partial charge on any atom is 0.116 e. The minimum absolute atomic E-state index is 0.384. The van der Waals surface area contributed by atoms with Crippen LogP contribution in [0.25, 0.3) is 6.08 Å². The molecule has 1 N–H and O–H groups in total. The van der Waals surface area contributed by atoms with E-state index in [1.807, 2.05) is 12.1 Å². The van der Waals surface area contributed by atoms with Gasteiger partial charge in [0.2, 0.25) is 0 Å². The Balaban J connectivity index is 1.75. The van der Waals surface area contributed by atoms with E-state index in [0.29, 0.717) is 23.0 Å². The summed E-state index contributed by atoms with van der Waals surface area (Å²) in [4.78, 5) is 0. The van der Waals surface area contributed by atoms with E-state index in [2.05, 4.69) is 38.1 Å². The summed E-state index contributed by atoms with van der Waals surface area (Å²) in [6, 6.07) is 5.93. The molecule has 21 heavy (non-hydrogen) atoms. The lowest BCUT2D eigenvalue weighted by molar-refractivity contribution is 0.121. The van der Waals surface area contributed by atoms with Gasteiger partial charge in [-0.15, -0.1) is 0 Å². The van der Waals surface area contributed by atoms with Gasteiger partial charge in [0.15, 0.2) is 0 Å². The van der Waals surface area contributed by atoms with Crippen LogP contribution in [-0.4, -0.2) is 5.11 Å². The van der Waals surface area contributed by atoms with Crippen LogP contribution < -0.4 is 0 Å². The van der Waals surface area contributed by atoms with Crippen LogP contribution in [-0.2, 0) is 0 Å². The van der Waals surface area contributed by atoms with Crippen LogP contribution in [0.4, 0.5) is 0 Å². The molecule has 3 unspecified atom stereocenters. The van der Waals surface area contributed by atoms with Crippen LogP contribution in [0, 0.1) is 17.3 Å². The second-order valence-electron chi connectivity index (χ2n) is 7.27. The fraction of sp³-hybridized carbons (Fsp3) is 0.500. The van der Waals surface area contributed by atoms with E-state index < -0.39 is 0 Å². The molecule has 0 aromatic heterocycles. The Bertz CT molecular complexity index is 639. The number of hydrogen-bond acceptors (Lipinski definition) is 1. The molecular weight excluding hydrogens is 256 g/mol. The van der Waals surface area contributed by atoms with Crippen LogP contribution >= 0.6 is 0 Å². The normalized spacial score (nSPS) is 39.0. The number of phenolic OH excluding ortho intramolecular Hbond substituents is 1. The molecule has 110 valence electrons. The molecule has 0 saturated heterocycles. The van der Waals surface area contributed by atoms with Crippen molar-refractivity contribution in [2.24, 2.45) is 17.3 Å². The highest BCUT2D eigenvalue weighted by molar-refractivity contribution is 5.61. The first-order valence-electron chi connectivity index (χ1n) is 8.30. The molecule has 0 radical (unpaired) electrons. The van der Waals surface area contributed by atoms with Crippen molar-refractivity contribution in [3.8, 4) is 5.75 Å². The van der Waals surface area contributed by atoms with Crippen molar-refractivity contribution in [2.45, 2.75) is 45.4 Å². The van der Waals surface area contributed by atoms with Gasteiger partial charge in [-0.1, -0.05) is 36.8 Å². The maximum atomic E-state index is 9.70. The topological polar surface area (TPSA) is 20.2 Å². The molecule has 0 amide bonds. The monoisotopic (exact) mass is 280 g/mol. The molecule has 0 aliphatic heterocycles. The van der Waals surface area contributed by atoms with Crippen LogP contribution in [0.15, 0.2) is 35.9 Å². The van der Waals surface area contributed by atoms with Crippen LogP contribution in [0.3, 0.4) is 0 Å². The molecule has 3 aliphatic rings. The Morgan fingerprint density at radius 1 is 1.29 bits per heavy atom. The van der Waals surface area contributed by atoms with Gasteiger partial charge in [-0.3, -0.25) is 0 Å². The zero-order valence-electron chi connectivity index (χ0n) is 13.0. The molecule has 0 bridgehead atoms. The first-order chi connectivity index (χ1) is 10.1. The summed E-state index contributed by atoms with van der Waals surface area (Å²) in [5.41, 5.74) is 4.80. The van der Waals surface area contributed by atoms with Crippen molar-refractivity contribution in [1.29, 1.82) is 0 Å². The van der Waals surface area contributed by atoms with Crippen molar-refractivity contribution in [2.75, 3.05) is 0 Å². The fourth-order valence-electron chi connectivity index (χ4n) is 5.41. The van der Waals surface area contributed by atoms with Gasteiger partial charge in [-0.2, -0.15) is 0 Å². The molecule has 1 nitrogen and oxygen atoms in total. The van der Waals surface area contributed by atoms with E-state index in [1.165, 1.54) is 36.8 Å². The quantitative estimate of drug-likeness (QED) is 0.641. The van der Waals surface area contributed by atoms with Gasteiger partial charge in [-0.25, -0.2) is 0 Å². The third-order valence-electron chi connectivity index (χ3n) is 6.50. The molecule has 3 aliphatic carbocycles. The predicted octanol–water partition coefficient (Wildman–Crippen LogP) is 5.28. The second-order valence-corrected chi connectivity index (χ2v) is 7.27. The van der Waals surface area contributed by atoms with Crippen molar-refractivity contribution in [3.63, 3.8) is 0 Å². The SMILES string of the molecule is CC=C1CCC2C3C=Cc4cc(O)ccc4C3CC[C@]12C. The molecule has 4 rings (SSSR count). The highest BCUT2D eigenvalue weighted by Gasteiger charge is 2.51. The molecule has 2 fully saturated rings. The Morgan fingerprint density at radius 3 is 2.95 bits per heavy atom. The summed E-state index contributed by atoms with van der Waals surface area (Å²) in [7, 11) is 0. The first-order valence-corrected chi connectivity index (χ1v) is 8.30. The first kappa shape index (κ1) is 13.2. The molecule has 1 aromatic rings. The van der Waals surface area contributed by atoms with Gasteiger partial charge in [-0.05, 0) is 79.0 Å². The molecular formula is C20H24O. The zero-order valence-corrected chi connectivity index (χ0v) is 13.0. The van der Waals surface area contributed by atoms with E-state index >= 15 is 0 Å². The molecule has 4 atom stereocenters. The van der Waals surface area contributed by atoms with Crippen molar-refractivity contribution >= 4 is 6.08 Å². The number of hydrogen-bond donors (Lipinski definition) is 1. The average molecular weight is 280 g/mol. The predicted molar refractivity (Wildman–Crippen MR) is 87.2 cm³/mol. The number of rotatable bonds is 0. The van der Waals surface area contributed by atoms with Crippen LogP contribution in [0.2, 0.25) is 0 Å². The lowest BCUT2D eigenvalue weighted by Crippen LogP contribution is -2.38. The number of aromatic hydroxyl groups is 1. The Labute approximate surface area is 127 Å². The number of phenols is 1. The van der Waals surface area contributed by atoms with Crippen LogP contribution in [0.1, 0.15) is 56.6 Å². The van der Waals surface area contributed by atoms with Gasteiger partial charge in [0.25, 0.3) is 0 Å². The van der Waals surface area contributed by atoms with Crippen molar-refractivity contribution in [1.82, 2.24) is 0 Å². The highest BCUT2D eigenvalue weighted by atomic mass is 16.3. The van der Waals surface area contributed by atoms with E-state index in [4.69, 9.17) is 0 Å². The molecule has 1 heteroatoms. The third kappa shape index (κ3) is 1.76. The molecule has 2 saturated carbocycles. The average Bonchev–Trinajstić information content (AvgIpc) is 2.83. The third-order valence-corrected chi connectivity index (χ3v) is 6.50. The Kier molecular flexibility index (Phi) is 2.82. The van der Waals surface area contributed by atoms with Gasteiger partial charge < -0.3 is 5.11 Å². The smallest absolute Gasteiger partial charge is 0.116 e. The van der Waals surface area contributed by atoms with Gasteiger partial charge in [0.05, 0.1) is 0 Å². The molecule has 0 spiro atoms. The summed E-state index contributed by atoms with van der Waals surface area (Å²) >= 11 is 0. The molecule has 0 heterocycles. The van der Waals surface area contributed by atoms with E-state index in [9.17, 15) is 5.11 Å². The second kappa shape index (κ2) is 4.50. The number of allylic oxidation sites excluding steroid dienone is 3. The van der Waals surface area contributed by atoms with Crippen molar-refractivity contribution in [3.05, 3.63) is 47.1 Å². The minimum atomic E-state index is 0.384.